The SMILES string of the molecule is O=C(O)C(CCO)N(N=C=S)C(=O)c1ccccc1. The van der Waals surface area contributed by atoms with Crippen molar-refractivity contribution in [2.75, 3.05) is 6.61 Å². The number of aliphatic hydroxyl groups excluding tert-OH is 1. The fourth-order valence-electron chi connectivity index (χ4n) is 1.49. The fraction of sp³-hybridized carbons (Fsp3) is 0.250. The Kier molecular flexibility index (Phi) is 5.81. The molecule has 100 valence electrons. The third-order valence-corrected chi connectivity index (χ3v) is 2.44. The van der Waals surface area contributed by atoms with Crippen LogP contribution in [0.15, 0.2) is 35.4 Å². The molecule has 0 aliphatic carbocycles. The van der Waals surface area contributed by atoms with Gasteiger partial charge in [-0.2, -0.15) is 0 Å². The first-order valence-electron chi connectivity index (χ1n) is 5.42. The molecular weight excluding hydrogens is 268 g/mol. The van der Waals surface area contributed by atoms with Gasteiger partial charge in [-0.25, -0.2) is 9.80 Å². The van der Waals surface area contributed by atoms with E-state index >= 15 is 0 Å². The Morgan fingerprint density at radius 3 is 2.47 bits per heavy atom. The van der Waals surface area contributed by atoms with Gasteiger partial charge >= 0.3 is 5.97 Å². The van der Waals surface area contributed by atoms with E-state index < -0.39 is 17.9 Å². The summed E-state index contributed by atoms with van der Waals surface area (Å²) in [5, 5.41) is 24.1. The van der Waals surface area contributed by atoms with E-state index in [0.29, 0.717) is 0 Å². The number of thiocarbonyl (C=S) groups is 1. The summed E-state index contributed by atoms with van der Waals surface area (Å²) < 4.78 is 0. The number of carbonyl (C=O) groups excluding carboxylic acids is 1. The molecule has 0 heterocycles. The Bertz CT molecular complexity index is 500. The normalized spacial score (nSPS) is 11.2. The lowest BCUT2D eigenvalue weighted by atomic mass is 10.1. The molecule has 0 bridgehead atoms. The molecule has 1 aromatic rings. The molecule has 1 atom stereocenters. The van der Waals surface area contributed by atoms with E-state index in [4.69, 9.17) is 10.2 Å². The molecule has 1 unspecified atom stereocenters. The smallest absolute Gasteiger partial charge is 0.328 e. The van der Waals surface area contributed by atoms with Crippen LogP contribution in [0.25, 0.3) is 0 Å². The van der Waals surface area contributed by atoms with E-state index in [1.165, 1.54) is 12.1 Å². The van der Waals surface area contributed by atoms with Crippen molar-refractivity contribution in [1.29, 1.82) is 0 Å². The highest BCUT2D eigenvalue weighted by molar-refractivity contribution is 7.78. The van der Waals surface area contributed by atoms with Crippen LogP contribution in [0.4, 0.5) is 0 Å². The zero-order valence-corrected chi connectivity index (χ0v) is 10.7. The lowest BCUT2D eigenvalue weighted by Crippen LogP contribution is -2.42. The molecule has 0 saturated carbocycles. The molecule has 0 aliphatic heterocycles. The third kappa shape index (κ3) is 3.96. The number of isothiocyanates is 1. The molecule has 0 aliphatic rings. The van der Waals surface area contributed by atoms with Gasteiger partial charge in [-0.05, 0) is 24.4 Å². The van der Waals surface area contributed by atoms with Crippen molar-refractivity contribution in [2.45, 2.75) is 12.5 Å². The summed E-state index contributed by atoms with van der Waals surface area (Å²) in [6.07, 6.45) is -0.144. The number of carbonyl (C=O) groups is 2. The third-order valence-electron chi connectivity index (χ3n) is 2.36. The molecule has 0 spiro atoms. The van der Waals surface area contributed by atoms with Gasteiger partial charge in [0.15, 0.2) is 6.04 Å². The van der Waals surface area contributed by atoms with Crippen molar-refractivity contribution in [2.24, 2.45) is 5.10 Å². The molecule has 1 rings (SSSR count). The second-order valence-corrected chi connectivity index (χ2v) is 3.76. The van der Waals surface area contributed by atoms with Crippen molar-refractivity contribution in [3.05, 3.63) is 35.9 Å². The number of hydrogen-bond donors (Lipinski definition) is 2. The number of hydrogen-bond acceptors (Lipinski definition) is 5. The molecule has 1 aromatic carbocycles. The van der Waals surface area contributed by atoms with Gasteiger partial charge in [0.25, 0.3) is 5.91 Å². The van der Waals surface area contributed by atoms with Gasteiger partial charge in [0.1, 0.15) is 0 Å². The van der Waals surface area contributed by atoms with Crippen LogP contribution in [0.5, 0.6) is 0 Å². The summed E-state index contributed by atoms with van der Waals surface area (Å²) in [6.45, 7) is -0.386. The highest BCUT2D eigenvalue weighted by atomic mass is 32.1. The van der Waals surface area contributed by atoms with Crippen LogP contribution in [0.3, 0.4) is 0 Å². The topological polar surface area (TPSA) is 90.2 Å². The van der Waals surface area contributed by atoms with Gasteiger partial charge in [-0.1, -0.05) is 18.2 Å². The number of carboxylic acid groups (broad SMARTS) is 1. The maximum absolute atomic E-state index is 12.2. The Hall–Kier alpha value is -2.08. The van der Waals surface area contributed by atoms with Crippen molar-refractivity contribution in [3.63, 3.8) is 0 Å². The molecule has 0 saturated heterocycles. The maximum atomic E-state index is 12.2. The largest absolute Gasteiger partial charge is 0.480 e. The first-order chi connectivity index (χ1) is 9.11. The van der Waals surface area contributed by atoms with Crippen molar-refractivity contribution < 1.29 is 19.8 Å². The second-order valence-electron chi connectivity index (χ2n) is 3.57. The zero-order valence-electron chi connectivity index (χ0n) is 9.89. The molecule has 7 heteroatoms. The zero-order chi connectivity index (χ0) is 14.3. The van der Waals surface area contributed by atoms with E-state index in [-0.39, 0.29) is 18.6 Å². The molecule has 2 N–H and O–H groups in total. The number of aliphatic hydroxyl groups is 1. The van der Waals surface area contributed by atoms with Crippen LogP contribution in [-0.2, 0) is 4.79 Å². The molecular formula is C12H12N2O4S. The van der Waals surface area contributed by atoms with Crippen LogP contribution >= 0.6 is 12.2 Å². The minimum atomic E-state index is -1.28. The van der Waals surface area contributed by atoms with E-state index in [9.17, 15) is 9.59 Å². The van der Waals surface area contributed by atoms with Crippen LogP contribution in [0, 0.1) is 0 Å². The quantitative estimate of drug-likeness (QED) is 0.460. The highest BCUT2D eigenvalue weighted by Crippen LogP contribution is 2.12. The summed E-state index contributed by atoms with van der Waals surface area (Å²) in [5.41, 5.74) is 0.278. The van der Waals surface area contributed by atoms with Gasteiger partial charge < -0.3 is 10.2 Å². The molecule has 0 aromatic heterocycles. The number of amides is 1. The Morgan fingerprint density at radius 2 is 2.00 bits per heavy atom. The summed E-state index contributed by atoms with van der Waals surface area (Å²) in [7, 11) is 0. The van der Waals surface area contributed by atoms with Crippen LogP contribution in [0.2, 0.25) is 0 Å². The number of rotatable bonds is 6. The van der Waals surface area contributed by atoms with Gasteiger partial charge in [0.2, 0.25) is 0 Å². The lowest BCUT2D eigenvalue weighted by Gasteiger charge is -2.22. The Balaban J connectivity index is 3.09. The monoisotopic (exact) mass is 280 g/mol. The van der Waals surface area contributed by atoms with E-state index in [1.54, 1.807) is 18.2 Å². The summed E-state index contributed by atoms with van der Waals surface area (Å²) in [4.78, 5) is 23.3. The molecule has 1 amide bonds. The summed E-state index contributed by atoms with van der Waals surface area (Å²) in [6, 6.07) is 6.81. The van der Waals surface area contributed by atoms with E-state index in [1.807, 2.05) is 5.16 Å². The predicted octanol–water partition coefficient (Wildman–Crippen LogP) is 0.982. The number of nitrogens with zero attached hydrogens (tertiary/aromatic N) is 2. The lowest BCUT2D eigenvalue weighted by molar-refractivity contribution is -0.142. The highest BCUT2D eigenvalue weighted by Gasteiger charge is 2.30. The number of carboxylic acids is 1. The van der Waals surface area contributed by atoms with E-state index in [0.717, 1.165) is 5.01 Å². The van der Waals surface area contributed by atoms with Gasteiger partial charge in [-0.3, -0.25) is 4.79 Å². The molecule has 0 radical (unpaired) electrons. The minimum Gasteiger partial charge on any atom is -0.480 e. The van der Waals surface area contributed by atoms with Crippen molar-refractivity contribution >= 4 is 29.3 Å². The molecule has 0 fully saturated rings. The first-order valence-corrected chi connectivity index (χ1v) is 5.82. The van der Waals surface area contributed by atoms with E-state index in [2.05, 4.69) is 17.3 Å². The average Bonchev–Trinajstić information content (AvgIpc) is 2.42. The van der Waals surface area contributed by atoms with Crippen molar-refractivity contribution in [1.82, 2.24) is 5.01 Å². The van der Waals surface area contributed by atoms with Gasteiger partial charge in [0.05, 0.1) is 5.16 Å². The average molecular weight is 280 g/mol. The number of aliphatic carboxylic acids is 1. The predicted molar refractivity (Wildman–Crippen MR) is 70.8 cm³/mol. The van der Waals surface area contributed by atoms with Gasteiger partial charge in [0, 0.05) is 18.6 Å². The Labute approximate surface area is 115 Å². The summed E-state index contributed by atoms with van der Waals surface area (Å²) in [5.74, 6) is -1.88. The standard InChI is InChI=1S/C12H12N2O4S/c15-7-6-10(12(17)18)14(13-8-19)11(16)9-4-2-1-3-5-9/h1-5,10,15H,6-7H2,(H,17,18). The molecule has 19 heavy (non-hydrogen) atoms. The number of hydrazone groups is 1. The van der Waals surface area contributed by atoms with Crippen LogP contribution in [-0.4, -0.2) is 44.9 Å². The first kappa shape index (κ1) is 15.0. The second kappa shape index (κ2) is 7.38. The maximum Gasteiger partial charge on any atom is 0.328 e. The van der Waals surface area contributed by atoms with Gasteiger partial charge in [-0.15, -0.1) is 5.10 Å². The Morgan fingerprint density at radius 1 is 1.37 bits per heavy atom. The minimum absolute atomic E-state index is 0.144. The number of benzene rings is 1. The molecule has 6 nitrogen and oxygen atoms in total. The van der Waals surface area contributed by atoms with Crippen LogP contribution < -0.4 is 0 Å². The fourth-order valence-corrected chi connectivity index (χ4v) is 1.57. The summed E-state index contributed by atoms with van der Waals surface area (Å²) >= 11 is 4.42. The van der Waals surface area contributed by atoms with Crippen LogP contribution in [0.1, 0.15) is 16.8 Å². The van der Waals surface area contributed by atoms with Crippen molar-refractivity contribution in [3.8, 4) is 0 Å².